The molecule has 1 amide bonds. The van der Waals surface area contributed by atoms with Gasteiger partial charge in [-0.1, -0.05) is 23.7 Å². The summed E-state index contributed by atoms with van der Waals surface area (Å²) in [6, 6.07) is 12.0. The van der Waals surface area contributed by atoms with E-state index in [1.165, 1.54) is 31.5 Å². The van der Waals surface area contributed by atoms with Gasteiger partial charge in [0.15, 0.2) is 11.7 Å². The molecule has 2 aromatic carbocycles. The van der Waals surface area contributed by atoms with Gasteiger partial charge in [0, 0.05) is 31.6 Å². The van der Waals surface area contributed by atoms with Crippen LogP contribution in [0.1, 0.15) is 31.6 Å². The quantitative estimate of drug-likeness (QED) is 0.548. The van der Waals surface area contributed by atoms with Crippen LogP contribution in [-0.2, 0) is 11.2 Å². The summed E-state index contributed by atoms with van der Waals surface area (Å²) in [7, 11) is 0. The maximum absolute atomic E-state index is 13.9. The lowest BCUT2D eigenvalue weighted by Crippen LogP contribution is -2.29. The Hall–Kier alpha value is -2.86. The first-order valence-electron chi connectivity index (χ1n) is 10.1. The number of halogens is 2. The van der Waals surface area contributed by atoms with Gasteiger partial charge < -0.3 is 14.6 Å². The average molecular weight is 428 g/mol. The number of aromatic nitrogens is 1. The number of carbonyl (C=O) groups is 1. The van der Waals surface area contributed by atoms with Crippen molar-refractivity contribution in [3.63, 3.8) is 0 Å². The van der Waals surface area contributed by atoms with Crippen molar-refractivity contribution in [2.75, 3.05) is 23.3 Å². The number of rotatable bonds is 6. The number of amides is 1. The number of hydrogen-bond donors (Lipinski definition) is 1. The zero-order chi connectivity index (χ0) is 20.9. The Morgan fingerprint density at radius 3 is 2.73 bits per heavy atom. The number of piperidine rings is 1. The summed E-state index contributed by atoms with van der Waals surface area (Å²) in [5, 5.41) is 3.50. The molecule has 0 aliphatic carbocycles. The summed E-state index contributed by atoms with van der Waals surface area (Å²) in [4.78, 5) is 18.8. The Balaban J connectivity index is 1.33. The molecule has 5 nitrogen and oxygen atoms in total. The molecule has 1 aliphatic heterocycles. The maximum atomic E-state index is 13.9. The number of benzene rings is 2. The van der Waals surface area contributed by atoms with Gasteiger partial charge in [-0.05, 0) is 49.6 Å². The second-order valence-electron chi connectivity index (χ2n) is 7.36. The predicted octanol–water partition coefficient (Wildman–Crippen LogP) is 5.70. The zero-order valence-corrected chi connectivity index (χ0v) is 17.3. The van der Waals surface area contributed by atoms with Crippen LogP contribution in [0.4, 0.5) is 15.8 Å². The lowest BCUT2D eigenvalue weighted by atomic mass is 10.1. The number of oxazole rings is 1. The maximum Gasteiger partial charge on any atom is 0.224 e. The van der Waals surface area contributed by atoms with Crippen LogP contribution in [0.25, 0.3) is 11.3 Å². The van der Waals surface area contributed by atoms with Crippen molar-refractivity contribution >= 4 is 28.9 Å². The number of nitrogens with one attached hydrogen (secondary N) is 1. The average Bonchev–Trinajstić information content (AvgIpc) is 3.22. The van der Waals surface area contributed by atoms with E-state index in [0.717, 1.165) is 18.8 Å². The van der Waals surface area contributed by atoms with Crippen LogP contribution >= 0.6 is 11.6 Å². The van der Waals surface area contributed by atoms with E-state index in [-0.39, 0.29) is 18.1 Å². The minimum Gasteiger partial charge on any atom is -0.441 e. The standard InChI is InChI=1S/C23H23ClFN3O2/c24-18-14-16(8-9-20(18)28-12-4-1-5-13-28)27-22(29)10-11-23-26-15-21(30-23)17-6-2-3-7-19(17)25/h2-3,6-9,14-15H,1,4-5,10-13H2,(H,27,29). The van der Waals surface area contributed by atoms with Gasteiger partial charge in [0.05, 0.1) is 22.5 Å². The Kier molecular flexibility index (Phi) is 6.33. The van der Waals surface area contributed by atoms with E-state index in [4.69, 9.17) is 16.0 Å². The number of hydrogen-bond acceptors (Lipinski definition) is 4. The highest BCUT2D eigenvalue weighted by Gasteiger charge is 2.15. The topological polar surface area (TPSA) is 58.4 Å². The van der Waals surface area contributed by atoms with E-state index in [0.29, 0.717) is 34.3 Å². The molecule has 1 saturated heterocycles. The number of nitrogens with zero attached hydrogens (tertiary/aromatic N) is 2. The van der Waals surface area contributed by atoms with Gasteiger partial charge in [0.1, 0.15) is 5.82 Å². The fraction of sp³-hybridized carbons (Fsp3) is 0.304. The largest absolute Gasteiger partial charge is 0.441 e. The summed E-state index contributed by atoms with van der Waals surface area (Å²) in [5.41, 5.74) is 2.02. The Labute approximate surface area is 179 Å². The Bertz CT molecular complexity index is 1030. The van der Waals surface area contributed by atoms with E-state index >= 15 is 0 Å². The number of carbonyl (C=O) groups excluding carboxylic acids is 1. The van der Waals surface area contributed by atoms with E-state index < -0.39 is 0 Å². The van der Waals surface area contributed by atoms with Crippen molar-refractivity contribution < 1.29 is 13.6 Å². The summed E-state index contributed by atoms with van der Waals surface area (Å²) >= 11 is 6.44. The lowest BCUT2D eigenvalue weighted by Gasteiger charge is -2.29. The molecule has 4 rings (SSSR count). The number of anilines is 2. The van der Waals surface area contributed by atoms with E-state index in [2.05, 4.69) is 15.2 Å². The molecule has 7 heteroatoms. The molecule has 1 aromatic heterocycles. The first-order valence-corrected chi connectivity index (χ1v) is 10.5. The predicted molar refractivity (Wildman–Crippen MR) is 116 cm³/mol. The molecule has 1 fully saturated rings. The molecule has 0 radical (unpaired) electrons. The lowest BCUT2D eigenvalue weighted by molar-refractivity contribution is -0.116. The molecule has 156 valence electrons. The molecule has 3 aromatic rings. The third-order valence-electron chi connectivity index (χ3n) is 5.19. The van der Waals surface area contributed by atoms with Gasteiger partial charge in [-0.25, -0.2) is 9.37 Å². The minimum atomic E-state index is -0.372. The van der Waals surface area contributed by atoms with Crippen LogP contribution in [0, 0.1) is 5.82 Å². The van der Waals surface area contributed by atoms with Gasteiger partial charge in [-0.3, -0.25) is 4.79 Å². The summed E-state index contributed by atoms with van der Waals surface area (Å²) in [6.07, 6.45) is 5.60. The minimum absolute atomic E-state index is 0.164. The van der Waals surface area contributed by atoms with Crippen molar-refractivity contribution in [1.29, 1.82) is 0 Å². The second kappa shape index (κ2) is 9.30. The Morgan fingerprint density at radius 2 is 1.97 bits per heavy atom. The molecule has 0 saturated carbocycles. The van der Waals surface area contributed by atoms with Crippen LogP contribution in [0.15, 0.2) is 53.1 Å². The highest BCUT2D eigenvalue weighted by Crippen LogP contribution is 2.31. The van der Waals surface area contributed by atoms with Gasteiger partial charge in [-0.15, -0.1) is 0 Å². The molecule has 0 spiro atoms. The van der Waals surface area contributed by atoms with Crippen LogP contribution < -0.4 is 10.2 Å². The highest BCUT2D eigenvalue weighted by atomic mass is 35.5. The van der Waals surface area contributed by atoms with Crippen LogP contribution in [0.5, 0.6) is 0 Å². The molecule has 1 aliphatic rings. The second-order valence-corrected chi connectivity index (χ2v) is 7.77. The molecular weight excluding hydrogens is 405 g/mol. The van der Waals surface area contributed by atoms with Gasteiger partial charge >= 0.3 is 0 Å². The van der Waals surface area contributed by atoms with E-state index in [1.807, 2.05) is 12.1 Å². The molecule has 0 unspecified atom stereocenters. The van der Waals surface area contributed by atoms with E-state index in [9.17, 15) is 9.18 Å². The van der Waals surface area contributed by atoms with Gasteiger partial charge in [0.25, 0.3) is 0 Å². The van der Waals surface area contributed by atoms with E-state index in [1.54, 1.807) is 24.3 Å². The van der Waals surface area contributed by atoms with Crippen molar-refractivity contribution in [3.05, 3.63) is 65.4 Å². The normalized spacial score (nSPS) is 14.0. The molecule has 2 heterocycles. The first-order chi connectivity index (χ1) is 14.6. The Morgan fingerprint density at radius 1 is 1.17 bits per heavy atom. The summed E-state index contributed by atoms with van der Waals surface area (Å²) in [5.74, 6) is 0.204. The molecule has 0 atom stereocenters. The fourth-order valence-electron chi connectivity index (χ4n) is 3.63. The van der Waals surface area contributed by atoms with Crippen molar-refractivity contribution in [2.45, 2.75) is 32.1 Å². The summed E-state index contributed by atoms with van der Waals surface area (Å²) in [6.45, 7) is 2.02. The molecule has 0 bridgehead atoms. The zero-order valence-electron chi connectivity index (χ0n) is 16.5. The summed E-state index contributed by atoms with van der Waals surface area (Å²) < 4.78 is 19.5. The molecular formula is C23H23ClFN3O2. The third kappa shape index (κ3) is 4.82. The van der Waals surface area contributed by atoms with Gasteiger partial charge in [0.2, 0.25) is 5.91 Å². The molecule has 1 N–H and O–H groups in total. The van der Waals surface area contributed by atoms with Crippen molar-refractivity contribution in [3.8, 4) is 11.3 Å². The first kappa shape index (κ1) is 20.4. The number of aryl methyl sites for hydroxylation is 1. The van der Waals surface area contributed by atoms with Gasteiger partial charge in [-0.2, -0.15) is 0 Å². The smallest absolute Gasteiger partial charge is 0.224 e. The van der Waals surface area contributed by atoms with Crippen molar-refractivity contribution in [1.82, 2.24) is 4.98 Å². The highest BCUT2D eigenvalue weighted by molar-refractivity contribution is 6.33. The third-order valence-corrected chi connectivity index (χ3v) is 5.49. The van der Waals surface area contributed by atoms with Crippen molar-refractivity contribution in [2.24, 2.45) is 0 Å². The van der Waals surface area contributed by atoms with Crippen LogP contribution in [-0.4, -0.2) is 24.0 Å². The monoisotopic (exact) mass is 427 g/mol. The SMILES string of the molecule is O=C(CCc1ncc(-c2ccccc2F)o1)Nc1ccc(N2CCCCC2)c(Cl)c1. The fourth-order valence-corrected chi connectivity index (χ4v) is 3.93. The van der Waals surface area contributed by atoms with Crippen LogP contribution in [0.2, 0.25) is 5.02 Å². The molecule has 30 heavy (non-hydrogen) atoms. The van der Waals surface area contributed by atoms with Crippen LogP contribution in [0.3, 0.4) is 0 Å².